The molecule has 0 unspecified atom stereocenters. The Balaban J connectivity index is 2.89. The zero-order valence-electron chi connectivity index (χ0n) is 10.7. The molecule has 1 aromatic carbocycles. The second-order valence-corrected chi connectivity index (χ2v) is 5.04. The molecule has 2 N–H and O–H groups in total. The van der Waals surface area contributed by atoms with E-state index in [1.165, 1.54) is 0 Å². The van der Waals surface area contributed by atoms with Gasteiger partial charge in [-0.05, 0) is 57.5 Å². The van der Waals surface area contributed by atoms with Crippen molar-refractivity contribution < 1.29 is 10.2 Å². The van der Waals surface area contributed by atoms with Crippen molar-refractivity contribution in [2.75, 3.05) is 0 Å². The second kappa shape index (κ2) is 4.97. The van der Waals surface area contributed by atoms with Crippen LogP contribution >= 0.6 is 0 Å². The molecular formula is C15H18O2. The summed E-state index contributed by atoms with van der Waals surface area (Å²) in [5, 5.41) is 19.1. The summed E-state index contributed by atoms with van der Waals surface area (Å²) in [5.41, 5.74) is 1.19. The Labute approximate surface area is 103 Å². The van der Waals surface area contributed by atoms with Crippen LogP contribution in [-0.2, 0) is 0 Å². The molecular weight excluding hydrogens is 212 g/mol. The van der Waals surface area contributed by atoms with Crippen LogP contribution in [0.4, 0.5) is 0 Å². The average Bonchev–Trinajstić information content (AvgIpc) is 2.19. The maximum absolute atomic E-state index is 9.54. The third-order valence-electron chi connectivity index (χ3n) is 2.18. The zero-order valence-corrected chi connectivity index (χ0v) is 10.7. The first kappa shape index (κ1) is 13.2. The van der Waals surface area contributed by atoms with Gasteiger partial charge in [-0.1, -0.05) is 11.8 Å². The van der Waals surface area contributed by atoms with Gasteiger partial charge in [-0.3, -0.25) is 0 Å². The topological polar surface area (TPSA) is 40.5 Å². The Morgan fingerprint density at radius 1 is 1.12 bits per heavy atom. The quantitative estimate of drug-likeness (QED) is 0.725. The molecule has 0 fully saturated rings. The fourth-order valence-corrected chi connectivity index (χ4v) is 1.20. The summed E-state index contributed by atoms with van der Waals surface area (Å²) in [7, 11) is 0. The summed E-state index contributed by atoms with van der Waals surface area (Å²) in [6.45, 7) is 7.78. The summed E-state index contributed by atoms with van der Waals surface area (Å²) < 4.78 is 0. The van der Waals surface area contributed by atoms with Gasteiger partial charge in [0.1, 0.15) is 11.5 Å². The van der Waals surface area contributed by atoms with E-state index in [1.54, 1.807) is 31.2 Å². The summed E-state index contributed by atoms with van der Waals surface area (Å²) in [5.74, 6) is 6.19. The van der Waals surface area contributed by atoms with E-state index in [4.69, 9.17) is 0 Å². The van der Waals surface area contributed by atoms with Crippen molar-refractivity contribution >= 4 is 6.08 Å². The molecule has 0 atom stereocenters. The lowest BCUT2D eigenvalue weighted by Gasteiger charge is -2.06. The summed E-state index contributed by atoms with van der Waals surface area (Å²) in [6, 6.07) is 3.20. The van der Waals surface area contributed by atoms with E-state index in [0.29, 0.717) is 5.56 Å². The largest absolute Gasteiger partial charge is 0.508 e. The van der Waals surface area contributed by atoms with Crippen LogP contribution in [0.15, 0.2) is 18.2 Å². The van der Waals surface area contributed by atoms with Gasteiger partial charge in [0.25, 0.3) is 0 Å². The molecule has 0 radical (unpaired) electrons. The molecule has 2 heteroatoms. The SMILES string of the molecule is Cc1c(O)cc(C=CC#CC(C)(C)C)cc1O. The molecule has 0 aliphatic heterocycles. The number of phenols is 2. The smallest absolute Gasteiger partial charge is 0.122 e. The lowest BCUT2D eigenvalue weighted by molar-refractivity contribution is 0.443. The number of hydrogen-bond donors (Lipinski definition) is 2. The first-order valence-electron chi connectivity index (χ1n) is 5.51. The molecule has 0 heterocycles. The molecule has 0 amide bonds. The predicted molar refractivity (Wildman–Crippen MR) is 70.8 cm³/mol. The fraction of sp³-hybridized carbons (Fsp3) is 0.333. The molecule has 0 saturated heterocycles. The fourth-order valence-electron chi connectivity index (χ4n) is 1.20. The van der Waals surface area contributed by atoms with E-state index >= 15 is 0 Å². The van der Waals surface area contributed by atoms with Crippen molar-refractivity contribution in [3.8, 4) is 23.3 Å². The zero-order chi connectivity index (χ0) is 13.1. The Kier molecular flexibility index (Phi) is 3.85. The molecule has 0 bridgehead atoms. The molecule has 0 aliphatic rings. The van der Waals surface area contributed by atoms with E-state index < -0.39 is 0 Å². The van der Waals surface area contributed by atoms with Gasteiger partial charge >= 0.3 is 0 Å². The highest BCUT2D eigenvalue weighted by Gasteiger charge is 2.03. The van der Waals surface area contributed by atoms with Gasteiger partial charge in [0.2, 0.25) is 0 Å². The van der Waals surface area contributed by atoms with E-state index in [9.17, 15) is 10.2 Å². The summed E-state index contributed by atoms with van der Waals surface area (Å²) >= 11 is 0. The van der Waals surface area contributed by atoms with Crippen molar-refractivity contribution in [1.82, 2.24) is 0 Å². The highest BCUT2D eigenvalue weighted by molar-refractivity contribution is 5.59. The van der Waals surface area contributed by atoms with Crippen LogP contribution in [0.25, 0.3) is 6.08 Å². The minimum Gasteiger partial charge on any atom is -0.508 e. The van der Waals surface area contributed by atoms with Crippen molar-refractivity contribution in [1.29, 1.82) is 0 Å². The molecule has 2 nitrogen and oxygen atoms in total. The first-order valence-corrected chi connectivity index (χ1v) is 5.51. The molecule has 90 valence electrons. The van der Waals surface area contributed by atoms with Crippen LogP contribution in [0, 0.1) is 24.2 Å². The molecule has 0 aromatic heterocycles. The molecule has 1 aromatic rings. The predicted octanol–water partition coefficient (Wildman–Crippen LogP) is 3.47. The maximum Gasteiger partial charge on any atom is 0.122 e. The summed E-state index contributed by atoms with van der Waals surface area (Å²) in [6.07, 6.45) is 3.48. The van der Waals surface area contributed by atoms with Gasteiger partial charge in [0, 0.05) is 11.0 Å². The van der Waals surface area contributed by atoms with Gasteiger partial charge in [0.05, 0.1) is 0 Å². The highest BCUT2D eigenvalue weighted by atomic mass is 16.3. The standard InChI is InChI=1S/C15H18O2/c1-11-13(16)9-12(10-14(11)17)7-5-6-8-15(2,3)4/h5,7,9-10,16-17H,1-4H3. The number of benzene rings is 1. The minimum absolute atomic E-state index is 0.0259. The van der Waals surface area contributed by atoms with Crippen LogP contribution in [0.3, 0.4) is 0 Å². The van der Waals surface area contributed by atoms with Crippen molar-refractivity contribution in [3.63, 3.8) is 0 Å². The lowest BCUT2D eigenvalue weighted by Crippen LogP contribution is -1.98. The monoisotopic (exact) mass is 230 g/mol. The normalized spacial score (nSPS) is 11.3. The lowest BCUT2D eigenvalue weighted by atomic mass is 9.98. The van der Waals surface area contributed by atoms with E-state index in [2.05, 4.69) is 11.8 Å². The van der Waals surface area contributed by atoms with Crippen LogP contribution in [-0.4, -0.2) is 10.2 Å². The Hall–Kier alpha value is -1.88. The Morgan fingerprint density at radius 3 is 2.12 bits per heavy atom. The first-order chi connectivity index (χ1) is 7.79. The van der Waals surface area contributed by atoms with E-state index in [1.807, 2.05) is 20.8 Å². The molecule has 0 saturated carbocycles. The van der Waals surface area contributed by atoms with Crippen molar-refractivity contribution in [3.05, 3.63) is 29.3 Å². The van der Waals surface area contributed by atoms with E-state index in [0.717, 1.165) is 5.56 Å². The number of rotatable bonds is 1. The maximum atomic E-state index is 9.54. The van der Waals surface area contributed by atoms with Gasteiger partial charge in [0.15, 0.2) is 0 Å². The number of hydrogen-bond acceptors (Lipinski definition) is 2. The number of phenolic OH excluding ortho intramolecular Hbond substituents is 2. The molecule has 0 spiro atoms. The van der Waals surface area contributed by atoms with Gasteiger partial charge < -0.3 is 10.2 Å². The van der Waals surface area contributed by atoms with Crippen LogP contribution in [0.5, 0.6) is 11.5 Å². The van der Waals surface area contributed by atoms with Crippen molar-refractivity contribution in [2.24, 2.45) is 5.41 Å². The third kappa shape index (κ3) is 4.24. The Bertz CT molecular complexity index is 471. The third-order valence-corrected chi connectivity index (χ3v) is 2.18. The summed E-state index contributed by atoms with van der Waals surface area (Å²) in [4.78, 5) is 0. The number of allylic oxidation sites excluding steroid dienone is 1. The molecule has 1 rings (SSSR count). The minimum atomic E-state index is -0.0259. The Morgan fingerprint density at radius 2 is 1.65 bits per heavy atom. The second-order valence-electron chi connectivity index (χ2n) is 5.04. The number of aromatic hydroxyl groups is 2. The van der Waals surface area contributed by atoms with Gasteiger partial charge in [-0.15, -0.1) is 0 Å². The van der Waals surface area contributed by atoms with Gasteiger partial charge in [-0.2, -0.15) is 0 Å². The highest BCUT2D eigenvalue weighted by Crippen LogP contribution is 2.27. The average molecular weight is 230 g/mol. The molecule has 17 heavy (non-hydrogen) atoms. The van der Waals surface area contributed by atoms with Gasteiger partial charge in [-0.25, -0.2) is 0 Å². The van der Waals surface area contributed by atoms with Crippen molar-refractivity contribution in [2.45, 2.75) is 27.7 Å². The molecule has 0 aliphatic carbocycles. The van der Waals surface area contributed by atoms with Crippen LogP contribution in [0.1, 0.15) is 31.9 Å². The van der Waals surface area contributed by atoms with Crippen LogP contribution in [0.2, 0.25) is 0 Å². The van der Waals surface area contributed by atoms with Crippen LogP contribution < -0.4 is 0 Å². The van der Waals surface area contributed by atoms with E-state index in [-0.39, 0.29) is 16.9 Å².